The van der Waals surface area contributed by atoms with Crippen LogP contribution in [0.3, 0.4) is 0 Å². The van der Waals surface area contributed by atoms with Crippen LogP contribution in [0.4, 0.5) is 0 Å². The quantitative estimate of drug-likeness (QED) is 0.653. The van der Waals surface area contributed by atoms with Crippen molar-refractivity contribution < 1.29 is 9.84 Å². The molecule has 0 unspecified atom stereocenters. The molecule has 1 aliphatic carbocycles. The number of aliphatic hydroxyl groups is 1. The lowest BCUT2D eigenvalue weighted by Gasteiger charge is -2.15. The van der Waals surface area contributed by atoms with Crippen molar-refractivity contribution in [3.63, 3.8) is 0 Å². The van der Waals surface area contributed by atoms with E-state index in [1.165, 1.54) is 10.8 Å². The van der Waals surface area contributed by atoms with Crippen molar-refractivity contribution >= 4 is 0 Å². The standard InChI is InChI=1S/C23H21N3O4/c24-12-18-13-25(19-8-9-19)23(29)26(22(18)28)14-20(27)15-30-21-10-6-17(7-11-21)16-4-2-1-3-5-16/h1-7,10-11,13,19-20,27H,8-9,14-15H2/t20-/m1/s1. The van der Waals surface area contributed by atoms with Crippen molar-refractivity contribution in [3.8, 4) is 22.9 Å². The van der Waals surface area contributed by atoms with E-state index in [4.69, 9.17) is 4.74 Å². The van der Waals surface area contributed by atoms with Crippen LogP contribution in [0, 0.1) is 11.3 Å². The van der Waals surface area contributed by atoms with Crippen LogP contribution in [0.25, 0.3) is 11.1 Å². The predicted molar refractivity (Wildman–Crippen MR) is 111 cm³/mol. The summed E-state index contributed by atoms with van der Waals surface area (Å²) in [7, 11) is 0. The lowest BCUT2D eigenvalue weighted by Crippen LogP contribution is -2.44. The molecule has 0 bridgehead atoms. The number of aliphatic hydroxyl groups excluding tert-OH is 1. The van der Waals surface area contributed by atoms with Crippen molar-refractivity contribution in [2.45, 2.75) is 31.5 Å². The number of nitriles is 1. The van der Waals surface area contributed by atoms with Crippen molar-refractivity contribution in [3.05, 3.63) is 87.2 Å². The Labute approximate surface area is 173 Å². The van der Waals surface area contributed by atoms with Crippen molar-refractivity contribution in [2.75, 3.05) is 6.61 Å². The van der Waals surface area contributed by atoms with E-state index in [2.05, 4.69) is 0 Å². The molecule has 1 saturated carbocycles. The molecule has 0 saturated heterocycles. The third kappa shape index (κ3) is 4.19. The van der Waals surface area contributed by atoms with Crippen LogP contribution in [0.1, 0.15) is 24.4 Å². The average molecular weight is 403 g/mol. The Morgan fingerprint density at radius 2 is 1.73 bits per heavy atom. The second kappa shape index (κ2) is 8.39. The first-order valence-corrected chi connectivity index (χ1v) is 9.79. The summed E-state index contributed by atoms with van der Waals surface area (Å²) in [5, 5.41) is 19.5. The maximum atomic E-state index is 12.6. The van der Waals surface area contributed by atoms with Gasteiger partial charge in [0.15, 0.2) is 0 Å². The summed E-state index contributed by atoms with van der Waals surface area (Å²) in [6.45, 7) is -0.321. The smallest absolute Gasteiger partial charge is 0.331 e. The molecule has 1 aromatic heterocycles. The highest BCUT2D eigenvalue weighted by Gasteiger charge is 2.27. The van der Waals surface area contributed by atoms with E-state index in [0.29, 0.717) is 5.75 Å². The summed E-state index contributed by atoms with van der Waals surface area (Å²) in [5.74, 6) is 0.572. The first-order valence-electron chi connectivity index (χ1n) is 9.79. The van der Waals surface area contributed by atoms with Gasteiger partial charge >= 0.3 is 5.69 Å². The van der Waals surface area contributed by atoms with E-state index in [1.54, 1.807) is 12.1 Å². The van der Waals surface area contributed by atoms with Gasteiger partial charge in [-0.1, -0.05) is 42.5 Å². The molecular formula is C23H21N3O4. The topological polar surface area (TPSA) is 97.2 Å². The first kappa shape index (κ1) is 19.7. The molecule has 1 heterocycles. The maximum Gasteiger partial charge on any atom is 0.331 e. The largest absolute Gasteiger partial charge is 0.491 e. The Bertz CT molecular complexity index is 1190. The summed E-state index contributed by atoms with van der Waals surface area (Å²) in [6, 6.07) is 19.2. The number of nitrogens with zero attached hydrogens (tertiary/aromatic N) is 3. The van der Waals surface area contributed by atoms with Gasteiger partial charge in [-0.3, -0.25) is 13.9 Å². The molecule has 152 valence electrons. The predicted octanol–water partition coefficient (Wildman–Crippen LogP) is 2.32. The zero-order valence-corrected chi connectivity index (χ0v) is 16.3. The molecule has 7 heteroatoms. The highest BCUT2D eigenvalue weighted by atomic mass is 16.5. The Balaban J connectivity index is 1.44. The van der Waals surface area contributed by atoms with Crippen molar-refractivity contribution in [1.82, 2.24) is 9.13 Å². The minimum absolute atomic E-state index is 0.0213. The monoisotopic (exact) mass is 403 g/mol. The lowest BCUT2D eigenvalue weighted by atomic mass is 10.1. The van der Waals surface area contributed by atoms with Gasteiger partial charge in [0.05, 0.1) is 6.54 Å². The van der Waals surface area contributed by atoms with Crippen LogP contribution < -0.4 is 16.0 Å². The SMILES string of the molecule is N#Cc1cn(C2CC2)c(=O)n(C[C@@H](O)COc2ccc(-c3ccccc3)cc2)c1=O. The third-order valence-electron chi connectivity index (χ3n) is 5.05. The highest BCUT2D eigenvalue weighted by Crippen LogP contribution is 2.33. The van der Waals surface area contributed by atoms with Gasteiger partial charge in [0.1, 0.15) is 30.1 Å². The second-order valence-electron chi connectivity index (χ2n) is 7.35. The van der Waals surface area contributed by atoms with E-state index < -0.39 is 17.4 Å². The Morgan fingerprint density at radius 3 is 2.37 bits per heavy atom. The Morgan fingerprint density at radius 1 is 1.07 bits per heavy atom. The number of ether oxygens (including phenoxy) is 1. The molecule has 1 atom stereocenters. The molecular weight excluding hydrogens is 382 g/mol. The molecule has 1 fully saturated rings. The molecule has 7 nitrogen and oxygen atoms in total. The van der Waals surface area contributed by atoms with Gasteiger partial charge in [-0.25, -0.2) is 4.79 Å². The van der Waals surface area contributed by atoms with E-state index >= 15 is 0 Å². The zero-order valence-electron chi connectivity index (χ0n) is 16.3. The van der Waals surface area contributed by atoms with Crippen LogP contribution in [0.2, 0.25) is 0 Å². The van der Waals surface area contributed by atoms with Crippen LogP contribution >= 0.6 is 0 Å². The fraction of sp³-hybridized carbons (Fsp3) is 0.261. The molecule has 4 rings (SSSR count). The molecule has 0 amide bonds. The molecule has 2 aromatic carbocycles. The van der Waals surface area contributed by atoms with Crippen LogP contribution in [-0.4, -0.2) is 27.0 Å². The minimum Gasteiger partial charge on any atom is -0.491 e. The lowest BCUT2D eigenvalue weighted by molar-refractivity contribution is 0.0899. The molecule has 30 heavy (non-hydrogen) atoms. The summed E-state index contributed by atoms with van der Waals surface area (Å²) in [6.07, 6.45) is 1.92. The Kier molecular flexibility index (Phi) is 5.50. The molecule has 3 aromatic rings. The van der Waals surface area contributed by atoms with Crippen molar-refractivity contribution in [1.29, 1.82) is 5.26 Å². The molecule has 0 aliphatic heterocycles. The summed E-state index contributed by atoms with van der Waals surface area (Å²) in [4.78, 5) is 25.0. The summed E-state index contributed by atoms with van der Waals surface area (Å²) < 4.78 is 7.95. The molecule has 1 aliphatic rings. The fourth-order valence-electron chi connectivity index (χ4n) is 3.30. The van der Waals surface area contributed by atoms with Crippen LogP contribution in [0.5, 0.6) is 5.75 Å². The third-order valence-corrected chi connectivity index (χ3v) is 5.05. The normalized spacial score (nSPS) is 14.1. The number of hydrogen-bond donors (Lipinski definition) is 1. The molecule has 0 spiro atoms. The van der Waals surface area contributed by atoms with E-state index in [9.17, 15) is 20.0 Å². The van der Waals surface area contributed by atoms with Crippen LogP contribution in [-0.2, 0) is 6.54 Å². The summed E-state index contributed by atoms with van der Waals surface area (Å²) >= 11 is 0. The van der Waals surface area contributed by atoms with Gasteiger partial charge in [0.2, 0.25) is 0 Å². The minimum atomic E-state index is -1.08. The number of aromatic nitrogens is 2. The van der Waals surface area contributed by atoms with Gasteiger partial charge in [-0.05, 0) is 36.1 Å². The molecule has 0 radical (unpaired) electrons. The fourth-order valence-corrected chi connectivity index (χ4v) is 3.30. The van der Waals surface area contributed by atoms with E-state index in [0.717, 1.165) is 28.5 Å². The van der Waals surface area contributed by atoms with E-state index in [1.807, 2.05) is 48.5 Å². The van der Waals surface area contributed by atoms with E-state index in [-0.39, 0.29) is 24.8 Å². The van der Waals surface area contributed by atoms with Gasteiger partial charge in [0.25, 0.3) is 5.56 Å². The number of hydrogen-bond acceptors (Lipinski definition) is 5. The Hall–Kier alpha value is -3.63. The number of rotatable bonds is 7. The zero-order chi connectivity index (χ0) is 21.1. The van der Waals surface area contributed by atoms with Gasteiger partial charge in [-0.2, -0.15) is 5.26 Å². The summed E-state index contributed by atoms with van der Waals surface area (Å²) in [5.41, 5.74) is 0.835. The molecule has 1 N–H and O–H groups in total. The maximum absolute atomic E-state index is 12.6. The second-order valence-corrected chi connectivity index (χ2v) is 7.35. The van der Waals surface area contributed by atoms with Gasteiger partial charge in [0, 0.05) is 12.2 Å². The van der Waals surface area contributed by atoms with Gasteiger partial charge in [-0.15, -0.1) is 0 Å². The number of benzene rings is 2. The van der Waals surface area contributed by atoms with Gasteiger partial charge < -0.3 is 9.84 Å². The van der Waals surface area contributed by atoms with Crippen LogP contribution in [0.15, 0.2) is 70.4 Å². The van der Waals surface area contributed by atoms with Crippen molar-refractivity contribution in [2.24, 2.45) is 0 Å². The first-order chi connectivity index (χ1) is 14.6. The highest BCUT2D eigenvalue weighted by molar-refractivity contribution is 5.63. The average Bonchev–Trinajstić information content (AvgIpc) is 3.62.